The monoisotopic (exact) mass is 244 g/mol. The Morgan fingerprint density at radius 2 is 2.00 bits per heavy atom. The summed E-state index contributed by atoms with van der Waals surface area (Å²) in [4.78, 5) is 4.35. The third-order valence-electron chi connectivity index (χ3n) is 4.13. The van der Waals surface area contributed by atoms with Gasteiger partial charge in [-0.2, -0.15) is 0 Å². The van der Waals surface area contributed by atoms with E-state index < -0.39 is 0 Å². The van der Waals surface area contributed by atoms with Gasteiger partial charge < -0.3 is 9.73 Å². The zero-order valence-corrected chi connectivity index (χ0v) is 11.1. The largest absolute Gasteiger partial charge is 0.441 e. The molecule has 1 N–H and O–H groups in total. The molecular weight excluding hydrogens is 224 g/mol. The molecule has 0 saturated heterocycles. The van der Waals surface area contributed by atoms with Gasteiger partial charge in [0.05, 0.1) is 0 Å². The quantitative estimate of drug-likeness (QED) is 0.880. The first kappa shape index (κ1) is 11.7. The molecule has 1 saturated carbocycles. The van der Waals surface area contributed by atoms with Crippen LogP contribution in [0.15, 0.2) is 22.6 Å². The van der Waals surface area contributed by atoms with Crippen LogP contribution in [-0.2, 0) is 0 Å². The van der Waals surface area contributed by atoms with Crippen molar-refractivity contribution in [2.24, 2.45) is 0 Å². The summed E-state index contributed by atoms with van der Waals surface area (Å²) in [5.74, 6) is 1.44. The number of hydrogen-bond acceptors (Lipinski definition) is 3. The maximum absolute atomic E-state index is 5.62. The highest BCUT2D eigenvalue weighted by Gasteiger charge is 2.21. The minimum atomic E-state index is 0.685. The number of nitrogens with one attached hydrogen (secondary N) is 1. The fourth-order valence-electron chi connectivity index (χ4n) is 3.03. The van der Waals surface area contributed by atoms with Crippen LogP contribution < -0.4 is 5.32 Å². The van der Waals surface area contributed by atoms with E-state index in [1.54, 1.807) is 0 Å². The number of aryl methyl sites for hydroxylation is 1. The molecule has 0 radical (unpaired) electrons. The highest BCUT2D eigenvalue weighted by atomic mass is 16.3. The molecular formula is C15H20N2O. The lowest BCUT2D eigenvalue weighted by Crippen LogP contribution is -2.29. The molecule has 1 fully saturated rings. The van der Waals surface area contributed by atoms with E-state index in [9.17, 15) is 0 Å². The molecule has 0 spiro atoms. The maximum Gasteiger partial charge on any atom is 0.192 e. The zero-order valence-electron chi connectivity index (χ0n) is 11.1. The predicted molar refractivity (Wildman–Crippen MR) is 72.8 cm³/mol. The zero-order chi connectivity index (χ0) is 12.5. The van der Waals surface area contributed by atoms with E-state index in [0.717, 1.165) is 17.0 Å². The summed E-state index contributed by atoms with van der Waals surface area (Å²) in [6, 6.07) is 7.19. The van der Waals surface area contributed by atoms with Gasteiger partial charge >= 0.3 is 0 Å². The fraction of sp³-hybridized carbons (Fsp3) is 0.533. The molecule has 3 rings (SSSR count). The van der Waals surface area contributed by atoms with Crippen LogP contribution in [0.4, 0.5) is 0 Å². The summed E-state index contributed by atoms with van der Waals surface area (Å²) >= 11 is 0. The van der Waals surface area contributed by atoms with Gasteiger partial charge in [0.2, 0.25) is 0 Å². The smallest absolute Gasteiger partial charge is 0.192 e. The lowest BCUT2D eigenvalue weighted by atomic mass is 9.82. The Kier molecular flexibility index (Phi) is 3.08. The number of oxazole rings is 1. The van der Waals surface area contributed by atoms with Crippen LogP contribution in [0.25, 0.3) is 11.1 Å². The number of aromatic nitrogens is 1. The second-order valence-corrected chi connectivity index (χ2v) is 5.30. The van der Waals surface area contributed by atoms with Crippen molar-refractivity contribution in [2.45, 2.75) is 44.6 Å². The van der Waals surface area contributed by atoms with E-state index in [0.29, 0.717) is 12.0 Å². The summed E-state index contributed by atoms with van der Waals surface area (Å²) in [7, 11) is 2.06. The van der Waals surface area contributed by atoms with Gasteiger partial charge in [0.1, 0.15) is 5.52 Å². The molecule has 0 atom stereocenters. The summed E-state index contributed by atoms with van der Waals surface area (Å²) in [5, 5.41) is 3.38. The molecule has 1 aliphatic rings. The molecule has 1 aromatic carbocycles. The summed E-state index contributed by atoms with van der Waals surface area (Å²) in [6.07, 6.45) is 5.08. The minimum absolute atomic E-state index is 0.685. The van der Waals surface area contributed by atoms with Crippen molar-refractivity contribution < 1.29 is 4.42 Å². The first-order chi connectivity index (χ1) is 8.76. The van der Waals surface area contributed by atoms with Gasteiger partial charge in [-0.15, -0.1) is 0 Å². The molecule has 1 aliphatic carbocycles. The Morgan fingerprint density at radius 3 is 2.72 bits per heavy atom. The maximum atomic E-state index is 5.62. The summed E-state index contributed by atoms with van der Waals surface area (Å²) in [6.45, 7) is 1.90. The lowest BCUT2D eigenvalue weighted by molar-refractivity contribution is 0.359. The van der Waals surface area contributed by atoms with E-state index in [-0.39, 0.29) is 0 Å². The topological polar surface area (TPSA) is 38.1 Å². The Labute approximate surface area is 108 Å². The van der Waals surface area contributed by atoms with Crippen molar-refractivity contribution in [1.29, 1.82) is 0 Å². The lowest BCUT2D eigenvalue weighted by Gasteiger charge is -2.28. The number of benzene rings is 1. The molecule has 3 heteroatoms. The number of fused-ring (bicyclic) bond motifs is 1. The molecule has 1 aromatic heterocycles. The molecule has 96 valence electrons. The summed E-state index contributed by atoms with van der Waals surface area (Å²) < 4.78 is 5.62. The molecule has 18 heavy (non-hydrogen) atoms. The molecule has 3 nitrogen and oxygen atoms in total. The molecule has 0 unspecified atom stereocenters. The molecule has 2 aromatic rings. The van der Waals surface area contributed by atoms with Gasteiger partial charge in [0.15, 0.2) is 11.5 Å². The standard InChI is InChI=1S/C15H20N2O/c1-10-17-14-8-5-12(9-15(14)18-10)11-3-6-13(16-2)7-4-11/h5,8-9,11,13,16H,3-4,6-7H2,1-2H3. The van der Waals surface area contributed by atoms with Crippen molar-refractivity contribution in [3.8, 4) is 0 Å². The van der Waals surface area contributed by atoms with E-state index in [4.69, 9.17) is 4.42 Å². The van der Waals surface area contributed by atoms with E-state index >= 15 is 0 Å². The van der Waals surface area contributed by atoms with Crippen LogP contribution in [0.5, 0.6) is 0 Å². The van der Waals surface area contributed by atoms with Crippen molar-refractivity contribution >= 4 is 11.1 Å². The highest BCUT2D eigenvalue weighted by molar-refractivity contribution is 5.73. The average molecular weight is 244 g/mol. The summed E-state index contributed by atoms with van der Waals surface area (Å²) in [5.41, 5.74) is 3.31. The van der Waals surface area contributed by atoms with Crippen LogP contribution in [-0.4, -0.2) is 18.1 Å². The van der Waals surface area contributed by atoms with Crippen molar-refractivity contribution in [3.05, 3.63) is 29.7 Å². The first-order valence-corrected chi connectivity index (χ1v) is 6.80. The third-order valence-corrected chi connectivity index (χ3v) is 4.13. The van der Waals surface area contributed by atoms with E-state index in [1.165, 1.54) is 31.2 Å². The number of hydrogen-bond donors (Lipinski definition) is 1. The predicted octanol–water partition coefficient (Wildman–Crippen LogP) is 3.38. The third kappa shape index (κ3) is 2.15. The molecule has 0 aliphatic heterocycles. The Bertz CT molecular complexity index is 538. The molecule has 0 amide bonds. The van der Waals surface area contributed by atoms with Crippen molar-refractivity contribution in [2.75, 3.05) is 7.05 Å². The van der Waals surface area contributed by atoms with Crippen molar-refractivity contribution in [1.82, 2.24) is 10.3 Å². The van der Waals surface area contributed by atoms with Gasteiger partial charge in [-0.25, -0.2) is 4.98 Å². The van der Waals surface area contributed by atoms with E-state index in [1.807, 2.05) is 6.92 Å². The normalized spacial score (nSPS) is 24.6. The molecule has 1 heterocycles. The Hall–Kier alpha value is -1.35. The first-order valence-electron chi connectivity index (χ1n) is 6.80. The van der Waals surface area contributed by atoms with Crippen LogP contribution in [0.1, 0.15) is 43.1 Å². The van der Waals surface area contributed by atoms with Gasteiger partial charge in [-0.05, 0) is 56.3 Å². The van der Waals surface area contributed by atoms with Crippen molar-refractivity contribution in [3.63, 3.8) is 0 Å². The fourth-order valence-corrected chi connectivity index (χ4v) is 3.03. The molecule has 0 bridgehead atoms. The second kappa shape index (κ2) is 4.73. The van der Waals surface area contributed by atoms with Gasteiger partial charge in [-0.3, -0.25) is 0 Å². The van der Waals surface area contributed by atoms with Gasteiger partial charge in [-0.1, -0.05) is 6.07 Å². The van der Waals surface area contributed by atoms with Crippen LogP contribution in [0, 0.1) is 6.92 Å². The van der Waals surface area contributed by atoms with Crippen LogP contribution in [0.2, 0.25) is 0 Å². The SMILES string of the molecule is CNC1CCC(c2ccc3nc(C)oc3c2)CC1. The van der Waals surface area contributed by atoms with Crippen LogP contribution in [0.3, 0.4) is 0 Å². The highest BCUT2D eigenvalue weighted by Crippen LogP contribution is 2.34. The average Bonchev–Trinajstić information content (AvgIpc) is 2.78. The number of rotatable bonds is 2. The van der Waals surface area contributed by atoms with Gasteiger partial charge in [0, 0.05) is 13.0 Å². The Morgan fingerprint density at radius 1 is 1.22 bits per heavy atom. The minimum Gasteiger partial charge on any atom is -0.441 e. The van der Waals surface area contributed by atoms with Gasteiger partial charge in [0.25, 0.3) is 0 Å². The van der Waals surface area contributed by atoms with Crippen LogP contribution >= 0.6 is 0 Å². The van der Waals surface area contributed by atoms with E-state index in [2.05, 4.69) is 35.5 Å². The number of nitrogens with zero attached hydrogens (tertiary/aromatic N) is 1. The second-order valence-electron chi connectivity index (χ2n) is 5.30. The Balaban J connectivity index is 1.82.